The van der Waals surface area contributed by atoms with Crippen LogP contribution in [0.3, 0.4) is 0 Å². The van der Waals surface area contributed by atoms with Gasteiger partial charge < -0.3 is 14.2 Å². The lowest BCUT2D eigenvalue weighted by Crippen LogP contribution is -2.00. The minimum Gasteiger partial charge on any atom is -0.496 e. The largest absolute Gasteiger partial charge is 0.496 e. The molecule has 0 unspecified atom stereocenters. The van der Waals surface area contributed by atoms with Crippen molar-refractivity contribution >= 4 is 5.69 Å². The van der Waals surface area contributed by atoms with Gasteiger partial charge in [-0.1, -0.05) is 0 Å². The molecule has 0 aromatic heterocycles. The molecule has 0 heterocycles. The molecule has 0 aliphatic rings. The molecular weight excluding hydrogens is 214 g/mol. The van der Waals surface area contributed by atoms with Crippen molar-refractivity contribution in [3.63, 3.8) is 0 Å². The first-order valence-corrected chi connectivity index (χ1v) is 4.50. The lowest BCUT2D eigenvalue weighted by atomic mass is 10.1. The Kier molecular flexibility index (Phi) is 3.55. The van der Waals surface area contributed by atoms with Gasteiger partial charge in [-0.05, 0) is 6.92 Å². The Bertz CT molecular complexity index is 416. The number of hydrogen-bond donors (Lipinski definition) is 0. The van der Waals surface area contributed by atoms with E-state index in [9.17, 15) is 10.1 Å². The second kappa shape index (κ2) is 4.69. The van der Waals surface area contributed by atoms with Gasteiger partial charge in [0.1, 0.15) is 5.75 Å². The van der Waals surface area contributed by atoms with Crippen molar-refractivity contribution in [3.8, 4) is 17.2 Å². The summed E-state index contributed by atoms with van der Waals surface area (Å²) in [5, 5.41) is 10.8. The van der Waals surface area contributed by atoms with Crippen LogP contribution in [0, 0.1) is 17.0 Å². The Hall–Kier alpha value is -1.98. The van der Waals surface area contributed by atoms with E-state index in [1.54, 1.807) is 6.92 Å². The van der Waals surface area contributed by atoms with Crippen molar-refractivity contribution in [2.45, 2.75) is 6.92 Å². The molecule has 16 heavy (non-hydrogen) atoms. The van der Waals surface area contributed by atoms with Crippen molar-refractivity contribution < 1.29 is 19.1 Å². The Morgan fingerprint density at radius 3 is 2.06 bits per heavy atom. The van der Waals surface area contributed by atoms with Crippen LogP contribution < -0.4 is 14.2 Å². The molecule has 1 aromatic carbocycles. The van der Waals surface area contributed by atoms with Crippen molar-refractivity contribution in [2.75, 3.05) is 21.3 Å². The summed E-state index contributed by atoms with van der Waals surface area (Å²) in [6, 6.07) is 1.32. The third-order valence-electron chi connectivity index (χ3n) is 2.24. The molecule has 0 N–H and O–H groups in total. The molecule has 0 radical (unpaired) electrons. The molecule has 0 saturated carbocycles. The SMILES string of the molecule is COc1cc([N+](=O)[O-])c(OC)c(OC)c1C. The number of nitro benzene ring substituents is 1. The van der Waals surface area contributed by atoms with E-state index in [-0.39, 0.29) is 11.4 Å². The number of methoxy groups -OCH3 is 3. The Labute approximate surface area is 92.9 Å². The maximum atomic E-state index is 10.8. The van der Waals surface area contributed by atoms with Crippen LogP contribution >= 0.6 is 0 Å². The molecule has 6 nitrogen and oxygen atoms in total. The van der Waals surface area contributed by atoms with E-state index in [2.05, 4.69) is 0 Å². The standard InChI is InChI=1S/C10H13NO5/c1-6-8(14-2)5-7(11(12)13)10(16-4)9(6)15-3/h5H,1-4H3. The van der Waals surface area contributed by atoms with E-state index in [0.717, 1.165) is 0 Å². The minimum atomic E-state index is -0.538. The Morgan fingerprint density at radius 1 is 1.12 bits per heavy atom. The Morgan fingerprint density at radius 2 is 1.69 bits per heavy atom. The third-order valence-corrected chi connectivity index (χ3v) is 2.24. The molecule has 88 valence electrons. The number of nitrogens with zero attached hydrogens (tertiary/aromatic N) is 1. The fraction of sp³-hybridized carbons (Fsp3) is 0.400. The number of benzene rings is 1. The van der Waals surface area contributed by atoms with E-state index < -0.39 is 4.92 Å². The zero-order chi connectivity index (χ0) is 12.3. The summed E-state index contributed by atoms with van der Waals surface area (Å²) in [4.78, 5) is 10.3. The fourth-order valence-electron chi connectivity index (χ4n) is 1.49. The summed E-state index contributed by atoms with van der Waals surface area (Å²) in [7, 11) is 4.22. The molecule has 0 aliphatic heterocycles. The van der Waals surface area contributed by atoms with E-state index in [1.807, 2.05) is 0 Å². The predicted octanol–water partition coefficient (Wildman–Crippen LogP) is 1.93. The van der Waals surface area contributed by atoms with Crippen LogP contribution in [0.1, 0.15) is 5.56 Å². The smallest absolute Gasteiger partial charge is 0.318 e. The van der Waals surface area contributed by atoms with Gasteiger partial charge in [0, 0.05) is 5.56 Å². The number of nitro groups is 1. The van der Waals surface area contributed by atoms with E-state index >= 15 is 0 Å². The molecule has 0 atom stereocenters. The van der Waals surface area contributed by atoms with Crippen LogP contribution in [-0.2, 0) is 0 Å². The predicted molar refractivity (Wildman–Crippen MR) is 57.5 cm³/mol. The van der Waals surface area contributed by atoms with Gasteiger partial charge in [-0.25, -0.2) is 0 Å². The van der Waals surface area contributed by atoms with E-state index in [0.29, 0.717) is 17.1 Å². The fourth-order valence-corrected chi connectivity index (χ4v) is 1.49. The molecule has 1 rings (SSSR count). The second-order valence-electron chi connectivity index (χ2n) is 3.05. The molecular formula is C10H13NO5. The van der Waals surface area contributed by atoms with Crippen LogP contribution in [0.4, 0.5) is 5.69 Å². The number of ether oxygens (including phenoxy) is 3. The topological polar surface area (TPSA) is 70.8 Å². The highest BCUT2D eigenvalue weighted by Crippen LogP contribution is 2.44. The summed E-state index contributed by atoms with van der Waals surface area (Å²) in [5.74, 6) is 0.809. The van der Waals surface area contributed by atoms with Gasteiger partial charge in [0.05, 0.1) is 32.3 Å². The van der Waals surface area contributed by atoms with Gasteiger partial charge in [-0.2, -0.15) is 0 Å². The monoisotopic (exact) mass is 227 g/mol. The summed E-state index contributed by atoms with van der Waals surface area (Å²) in [6.07, 6.45) is 0. The molecule has 0 bridgehead atoms. The van der Waals surface area contributed by atoms with Gasteiger partial charge >= 0.3 is 5.69 Å². The normalized spacial score (nSPS) is 9.75. The second-order valence-corrected chi connectivity index (χ2v) is 3.05. The Balaban J connectivity index is 3.56. The number of rotatable bonds is 4. The minimum absolute atomic E-state index is 0.103. The zero-order valence-corrected chi connectivity index (χ0v) is 9.57. The lowest BCUT2D eigenvalue weighted by molar-refractivity contribution is -0.385. The van der Waals surface area contributed by atoms with Crippen LogP contribution in [0.5, 0.6) is 17.2 Å². The molecule has 6 heteroatoms. The highest BCUT2D eigenvalue weighted by atomic mass is 16.6. The molecule has 0 aliphatic carbocycles. The van der Waals surface area contributed by atoms with E-state index in [1.165, 1.54) is 27.4 Å². The summed E-state index contributed by atoms with van der Waals surface area (Å²) in [6.45, 7) is 1.74. The first-order chi connectivity index (χ1) is 7.56. The quantitative estimate of drug-likeness (QED) is 0.580. The molecule has 0 fully saturated rings. The number of hydrogen-bond acceptors (Lipinski definition) is 5. The molecule has 0 amide bonds. The first kappa shape index (κ1) is 12.1. The maximum absolute atomic E-state index is 10.8. The molecule has 0 spiro atoms. The highest BCUT2D eigenvalue weighted by Gasteiger charge is 2.25. The van der Waals surface area contributed by atoms with Crippen LogP contribution in [0.25, 0.3) is 0 Å². The van der Waals surface area contributed by atoms with Gasteiger partial charge in [-0.15, -0.1) is 0 Å². The first-order valence-electron chi connectivity index (χ1n) is 4.50. The molecule has 1 aromatic rings. The molecule has 0 saturated heterocycles. The van der Waals surface area contributed by atoms with Crippen LogP contribution in [-0.4, -0.2) is 26.3 Å². The maximum Gasteiger partial charge on any atom is 0.318 e. The van der Waals surface area contributed by atoms with Crippen molar-refractivity contribution in [1.82, 2.24) is 0 Å². The van der Waals surface area contributed by atoms with Gasteiger partial charge in [0.25, 0.3) is 0 Å². The van der Waals surface area contributed by atoms with Crippen molar-refractivity contribution in [1.29, 1.82) is 0 Å². The highest BCUT2D eigenvalue weighted by molar-refractivity contribution is 5.64. The zero-order valence-electron chi connectivity index (χ0n) is 9.57. The van der Waals surface area contributed by atoms with Gasteiger partial charge in [0.2, 0.25) is 5.75 Å². The average Bonchev–Trinajstić information content (AvgIpc) is 2.27. The lowest BCUT2D eigenvalue weighted by Gasteiger charge is -2.13. The summed E-state index contributed by atoms with van der Waals surface area (Å²) in [5.41, 5.74) is 0.481. The average molecular weight is 227 g/mol. The summed E-state index contributed by atoms with van der Waals surface area (Å²) >= 11 is 0. The van der Waals surface area contributed by atoms with Crippen molar-refractivity contribution in [2.24, 2.45) is 0 Å². The van der Waals surface area contributed by atoms with Crippen molar-refractivity contribution in [3.05, 3.63) is 21.7 Å². The third kappa shape index (κ3) is 1.86. The van der Waals surface area contributed by atoms with Gasteiger partial charge in [-0.3, -0.25) is 10.1 Å². The summed E-state index contributed by atoms with van der Waals surface area (Å²) < 4.78 is 15.1. The van der Waals surface area contributed by atoms with E-state index in [4.69, 9.17) is 14.2 Å². The van der Waals surface area contributed by atoms with Gasteiger partial charge in [0.15, 0.2) is 5.75 Å². The van der Waals surface area contributed by atoms with Crippen LogP contribution in [0.15, 0.2) is 6.07 Å². The van der Waals surface area contributed by atoms with Crippen LogP contribution in [0.2, 0.25) is 0 Å².